The summed E-state index contributed by atoms with van der Waals surface area (Å²) in [5.41, 5.74) is 1.29. The maximum absolute atomic E-state index is 13.1. The summed E-state index contributed by atoms with van der Waals surface area (Å²) in [6, 6.07) is 23.8. The van der Waals surface area contributed by atoms with Gasteiger partial charge in [-0.3, -0.25) is 19.3 Å². The summed E-state index contributed by atoms with van der Waals surface area (Å²) in [6.07, 6.45) is 0. The topological polar surface area (TPSA) is 93.2 Å². The molecule has 0 aromatic heterocycles. The van der Waals surface area contributed by atoms with Crippen LogP contribution >= 0.6 is 0 Å². The summed E-state index contributed by atoms with van der Waals surface area (Å²) in [5, 5.41) is 0. The van der Waals surface area contributed by atoms with E-state index in [4.69, 9.17) is 9.47 Å². The van der Waals surface area contributed by atoms with E-state index in [2.05, 4.69) is 0 Å². The van der Waals surface area contributed by atoms with E-state index in [-0.39, 0.29) is 24.3 Å². The summed E-state index contributed by atoms with van der Waals surface area (Å²) in [6.45, 7) is 0.893. The first kappa shape index (κ1) is 25.2. The lowest BCUT2D eigenvalue weighted by Crippen LogP contribution is -2.39. The summed E-state index contributed by atoms with van der Waals surface area (Å²) in [5.74, 6) is -2.42. The summed E-state index contributed by atoms with van der Waals surface area (Å²) in [7, 11) is 1.61. The minimum absolute atomic E-state index is 0.0322. The van der Waals surface area contributed by atoms with Gasteiger partial charge in [-0.2, -0.15) is 0 Å². The molecule has 180 valence electrons. The van der Waals surface area contributed by atoms with E-state index in [1.165, 1.54) is 21.9 Å². The fourth-order valence-corrected chi connectivity index (χ4v) is 3.35. The lowest BCUT2D eigenvalue weighted by Gasteiger charge is -2.22. The number of benzene rings is 3. The third-order valence-electron chi connectivity index (χ3n) is 5.11. The Balaban J connectivity index is 1.74. The standard InChI is InChI=1S/C27H26N2O6/c1-3-34-25(31)18-29(21-14-8-5-9-15-21)24(30)19-35-27(33)23-17-11-10-16-22(23)26(32)28(2)20-12-6-4-7-13-20/h4-17H,3,18-19H2,1-2H3. The van der Waals surface area contributed by atoms with Crippen LogP contribution < -0.4 is 9.80 Å². The number of amides is 2. The fourth-order valence-electron chi connectivity index (χ4n) is 3.35. The average Bonchev–Trinajstić information content (AvgIpc) is 2.90. The number of ether oxygens (including phenoxy) is 2. The molecule has 35 heavy (non-hydrogen) atoms. The van der Waals surface area contributed by atoms with Crippen LogP contribution in [0.15, 0.2) is 84.9 Å². The Morgan fingerprint density at radius 1 is 0.714 bits per heavy atom. The second kappa shape index (κ2) is 12.1. The van der Waals surface area contributed by atoms with Crippen LogP contribution in [0.3, 0.4) is 0 Å². The van der Waals surface area contributed by atoms with Gasteiger partial charge in [0.1, 0.15) is 6.54 Å². The van der Waals surface area contributed by atoms with Crippen molar-refractivity contribution >= 4 is 35.1 Å². The Morgan fingerprint density at radius 2 is 1.26 bits per heavy atom. The maximum Gasteiger partial charge on any atom is 0.339 e. The Labute approximate surface area is 203 Å². The number of esters is 2. The molecular formula is C27H26N2O6. The molecule has 0 heterocycles. The Morgan fingerprint density at radius 3 is 1.86 bits per heavy atom. The second-order valence-corrected chi connectivity index (χ2v) is 7.44. The molecule has 8 nitrogen and oxygen atoms in total. The van der Waals surface area contributed by atoms with Gasteiger partial charge in [-0.15, -0.1) is 0 Å². The lowest BCUT2D eigenvalue weighted by atomic mass is 10.1. The highest BCUT2D eigenvalue weighted by atomic mass is 16.5. The smallest absolute Gasteiger partial charge is 0.339 e. The Hall–Kier alpha value is -4.46. The quantitative estimate of drug-likeness (QED) is 0.439. The number of carbonyl (C=O) groups excluding carboxylic acids is 4. The van der Waals surface area contributed by atoms with Gasteiger partial charge in [0.05, 0.1) is 17.7 Å². The predicted octanol–water partition coefficient (Wildman–Crippen LogP) is 3.72. The lowest BCUT2D eigenvalue weighted by molar-refractivity contribution is -0.142. The van der Waals surface area contributed by atoms with Crippen molar-refractivity contribution in [3.05, 3.63) is 96.1 Å². The zero-order valence-corrected chi connectivity index (χ0v) is 19.5. The van der Waals surface area contributed by atoms with E-state index in [0.29, 0.717) is 11.4 Å². The van der Waals surface area contributed by atoms with Crippen molar-refractivity contribution in [3.8, 4) is 0 Å². The minimum Gasteiger partial charge on any atom is -0.465 e. The molecule has 0 saturated heterocycles. The van der Waals surface area contributed by atoms with Crippen molar-refractivity contribution in [2.45, 2.75) is 6.92 Å². The first-order valence-electron chi connectivity index (χ1n) is 11.0. The highest BCUT2D eigenvalue weighted by Crippen LogP contribution is 2.19. The number of hydrogen-bond acceptors (Lipinski definition) is 6. The zero-order chi connectivity index (χ0) is 25.2. The molecule has 0 aliphatic rings. The van der Waals surface area contributed by atoms with Gasteiger partial charge in [-0.05, 0) is 43.3 Å². The molecule has 0 aliphatic heterocycles. The van der Waals surface area contributed by atoms with Crippen LogP contribution in [0, 0.1) is 0 Å². The van der Waals surface area contributed by atoms with Crippen molar-refractivity contribution in [1.29, 1.82) is 0 Å². The third-order valence-corrected chi connectivity index (χ3v) is 5.11. The number of nitrogens with zero attached hydrogens (tertiary/aromatic N) is 2. The van der Waals surface area contributed by atoms with Gasteiger partial charge >= 0.3 is 11.9 Å². The van der Waals surface area contributed by atoms with Crippen LogP contribution in [0.4, 0.5) is 11.4 Å². The number of carbonyl (C=O) groups is 4. The summed E-state index contributed by atoms with van der Waals surface area (Å²) >= 11 is 0. The minimum atomic E-state index is -0.826. The first-order valence-corrected chi connectivity index (χ1v) is 11.0. The number of rotatable bonds is 9. The highest BCUT2D eigenvalue weighted by Gasteiger charge is 2.24. The number of anilines is 2. The molecule has 0 saturated carbocycles. The largest absolute Gasteiger partial charge is 0.465 e. The normalized spacial score (nSPS) is 10.2. The van der Waals surface area contributed by atoms with Crippen LogP contribution in [0.1, 0.15) is 27.6 Å². The predicted molar refractivity (Wildman–Crippen MR) is 131 cm³/mol. The molecular weight excluding hydrogens is 448 g/mol. The van der Waals surface area contributed by atoms with Crippen LogP contribution in [0.2, 0.25) is 0 Å². The first-order chi connectivity index (χ1) is 16.9. The van der Waals surface area contributed by atoms with E-state index in [1.807, 2.05) is 6.07 Å². The van der Waals surface area contributed by atoms with Crippen molar-refractivity contribution in [1.82, 2.24) is 0 Å². The molecule has 3 aromatic carbocycles. The van der Waals surface area contributed by atoms with E-state index in [1.54, 1.807) is 80.7 Å². The number of hydrogen-bond donors (Lipinski definition) is 0. The third kappa shape index (κ3) is 6.54. The molecule has 3 aromatic rings. The molecule has 3 rings (SSSR count). The summed E-state index contributed by atoms with van der Waals surface area (Å²) in [4.78, 5) is 53.5. The molecule has 0 bridgehead atoms. The molecule has 0 atom stereocenters. The van der Waals surface area contributed by atoms with E-state index in [9.17, 15) is 19.2 Å². The van der Waals surface area contributed by atoms with E-state index in [0.717, 1.165) is 0 Å². The highest BCUT2D eigenvalue weighted by molar-refractivity contribution is 6.12. The van der Waals surface area contributed by atoms with Gasteiger partial charge in [0.15, 0.2) is 6.61 Å². The monoisotopic (exact) mass is 474 g/mol. The van der Waals surface area contributed by atoms with Gasteiger partial charge < -0.3 is 14.4 Å². The van der Waals surface area contributed by atoms with Crippen molar-refractivity contribution in [2.24, 2.45) is 0 Å². The van der Waals surface area contributed by atoms with Crippen LogP contribution in [0.25, 0.3) is 0 Å². The molecule has 0 aliphatic carbocycles. The molecule has 8 heteroatoms. The van der Waals surface area contributed by atoms with Gasteiger partial charge in [0.25, 0.3) is 11.8 Å². The van der Waals surface area contributed by atoms with Gasteiger partial charge in [-0.1, -0.05) is 48.5 Å². The van der Waals surface area contributed by atoms with E-state index < -0.39 is 30.4 Å². The average molecular weight is 475 g/mol. The Kier molecular flexibility index (Phi) is 8.72. The Bertz CT molecular complexity index is 1180. The summed E-state index contributed by atoms with van der Waals surface area (Å²) < 4.78 is 10.2. The van der Waals surface area contributed by atoms with Crippen molar-refractivity contribution in [2.75, 3.05) is 36.6 Å². The second-order valence-electron chi connectivity index (χ2n) is 7.44. The molecule has 0 fully saturated rings. The fraction of sp³-hybridized carbons (Fsp3) is 0.185. The van der Waals surface area contributed by atoms with Crippen molar-refractivity contribution in [3.63, 3.8) is 0 Å². The van der Waals surface area contributed by atoms with E-state index >= 15 is 0 Å². The molecule has 2 amide bonds. The van der Waals surface area contributed by atoms with Crippen LogP contribution in [-0.2, 0) is 19.1 Å². The SMILES string of the molecule is CCOC(=O)CN(C(=O)COC(=O)c1ccccc1C(=O)N(C)c1ccccc1)c1ccccc1. The van der Waals surface area contributed by atoms with Gasteiger partial charge in [0, 0.05) is 18.4 Å². The molecule has 0 N–H and O–H groups in total. The van der Waals surface area contributed by atoms with Crippen LogP contribution in [-0.4, -0.2) is 50.6 Å². The number of para-hydroxylation sites is 2. The van der Waals surface area contributed by atoms with Gasteiger partial charge in [0.2, 0.25) is 0 Å². The zero-order valence-electron chi connectivity index (χ0n) is 19.5. The molecule has 0 radical (unpaired) electrons. The van der Waals surface area contributed by atoms with Crippen molar-refractivity contribution < 1.29 is 28.7 Å². The van der Waals surface area contributed by atoms with Crippen LogP contribution in [0.5, 0.6) is 0 Å². The van der Waals surface area contributed by atoms with Gasteiger partial charge in [-0.25, -0.2) is 4.79 Å². The molecule has 0 unspecified atom stereocenters. The maximum atomic E-state index is 13.1. The molecule has 0 spiro atoms.